The summed E-state index contributed by atoms with van der Waals surface area (Å²) in [6.45, 7) is 15.5. The van der Waals surface area contributed by atoms with Crippen molar-refractivity contribution in [1.29, 1.82) is 0 Å². The fourth-order valence-electron chi connectivity index (χ4n) is 13.1. The van der Waals surface area contributed by atoms with Crippen LogP contribution in [0, 0.1) is 46.8 Å². The molecule has 7 aliphatic rings. The average molecular weight is 794 g/mol. The summed E-state index contributed by atoms with van der Waals surface area (Å²) in [6, 6.07) is -0.309. The van der Waals surface area contributed by atoms with Crippen molar-refractivity contribution in [1.82, 2.24) is 4.90 Å². The minimum absolute atomic E-state index is 0.0107. The molecule has 0 aromatic carbocycles. The van der Waals surface area contributed by atoms with E-state index >= 15 is 0 Å². The van der Waals surface area contributed by atoms with E-state index in [0.29, 0.717) is 31.8 Å². The second-order valence-electron chi connectivity index (χ2n) is 19.2. The highest BCUT2D eigenvalue weighted by atomic mass is 16.7. The number of fused-ring (bicyclic) bond motifs is 5. The van der Waals surface area contributed by atoms with Crippen LogP contribution in [0.3, 0.4) is 0 Å². The fourth-order valence-corrected chi connectivity index (χ4v) is 13.1. The molecule has 316 valence electrons. The molecule has 10 unspecified atom stereocenters. The number of nitrogens with zero attached hydrogens (tertiary/aromatic N) is 1. The Kier molecular flexibility index (Phi) is 10.1. The molecule has 0 aromatic heterocycles. The Balaban J connectivity index is 1.45. The number of piperidine rings is 2. The molecular weight excluding hydrogens is 730 g/mol. The van der Waals surface area contributed by atoms with Crippen LogP contribution in [-0.2, 0) is 42.9 Å². The molecule has 0 amide bonds. The molecule has 3 saturated heterocycles. The van der Waals surface area contributed by atoms with E-state index in [1.54, 1.807) is 20.8 Å². The van der Waals surface area contributed by atoms with Crippen molar-refractivity contribution in [3.05, 3.63) is 0 Å². The molecular formula is C41H63NO14. The van der Waals surface area contributed by atoms with Crippen LogP contribution in [0.25, 0.3) is 0 Å². The third-order valence-corrected chi connectivity index (χ3v) is 16.0. The normalized spacial score (nSPS) is 50.5. The van der Waals surface area contributed by atoms with Gasteiger partial charge >= 0.3 is 23.9 Å². The Labute approximate surface area is 328 Å². The standard InChI is InChI=1S/C41H63NO14/c1-10-20(4)34(46)55-33-28(45)27-23(18-42-17-19(3)12-13-25(42)38(27,9)49)24-16-39-32(40(24,33)50)30(53-22(6)44)29(52-21(5)43)31-36(39,7)15-14-26(41(31,51)56-39)54-35(47)37(8,48)11-2/h19-20,23-33,45,48-51H,10-18H2,1-9H3/t19?,20?,23?,24?,25?,26?,27?,28-,29-,30-,31?,32?,33+,36+,37?,38-,39-,40+,41-/m1/s1. The van der Waals surface area contributed by atoms with E-state index in [-0.39, 0.29) is 31.7 Å². The molecule has 4 aliphatic carbocycles. The van der Waals surface area contributed by atoms with E-state index in [2.05, 4.69) is 11.8 Å². The van der Waals surface area contributed by atoms with Crippen LogP contribution in [0.1, 0.15) is 107 Å². The third kappa shape index (κ3) is 5.60. The first kappa shape index (κ1) is 41.7. The number of carbonyl (C=O) groups excluding carboxylic acids is 4. The summed E-state index contributed by atoms with van der Waals surface area (Å²) in [5.74, 6) is -10.8. The maximum Gasteiger partial charge on any atom is 0.338 e. The predicted octanol–water partition coefficient (Wildman–Crippen LogP) is 1.61. The van der Waals surface area contributed by atoms with Crippen molar-refractivity contribution in [3.63, 3.8) is 0 Å². The maximum atomic E-state index is 13.9. The van der Waals surface area contributed by atoms with Gasteiger partial charge in [0.25, 0.3) is 0 Å². The van der Waals surface area contributed by atoms with Gasteiger partial charge in [0.15, 0.2) is 17.8 Å². The van der Waals surface area contributed by atoms with Gasteiger partial charge in [-0.2, -0.15) is 0 Å². The summed E-state index contributed by atoms with van der Waals surface area (Å²) >= 11 is 0. The van der Waals surface area contributed by atoms with Gasteiger partial charge in [0.1, 0.15) is 17.8 Å². The minimum atomic E-state index is -2.38. The Hall–Kier alpha value is -2.40. The zero-order valence-electron chi connectivity index (χ0n) is 34.2. The van der Waals surface area contributed by atoms with Crippen LogP contribution in [0.5, 0.6) is 0 Å². The monoisotopic (exact) mass is 793 g/mol. The van der Waals surface area contributed by atoms with E-state index in [1.165, 1.54) is 20.8 Å². The van der Waals surface area contributed by atoms with Crippen LogP contribution in [-0.4, -0.2) is 132 Å². The highest BCUT2D eigenvalue weighted by Crippen LogP contribution is 2.78. The molecule has 1 spiro atoms. The summed E-state index contributed by atoms with van der Waals surface area (Å²) in [5, 5.41) is 62.9. The minimum Gasteiger partial charge on any atom is -0.458 e. The van der Waals surface area contributed by atoms with Gasteiger partial charge in [0, 0.05) is 44.3 Å². The summed E-state index contributed by atoms with van der Waals surface area (Å²) in [6.07, 6.45) is -5.31. The molecule has 7 rings (SSSR count). The summed E-state index contributed by atoms with van der Waals surface area (Å²) in [7, 11) is 0. The van der Waals surface area contributed by atoms with Crippen molar-refractivity contribution in [3.8, 4) is 0 Å². The van der Waals surface area contributed by atoms with Gasteiger partial charge in [-0.25, -0.2) is 4.79 Å². The van der Waals surface area contributed by atoms with Crippen molar-refractivity contribution >= 4 is 23.9 Å². The molecule has 15 nitrogen and oxygen atoms in total. The molecule has 0 radical (unpaired) electrons. The van der Waals surface area contributed by atoms with Gasteiger partial charge in [-0.3, -0.25) is 19.3 Å². The molecule has 15 heteroatoms. The van der Waals surface area contributed by atoms with Gasteiger partial charge in [0.05, 0.1) is 35.1 Å². The Morgan fingerprint density at radius 3 is 2.14 bits per heavy atom. The van der Waals surface area contributed by atoms with Crippen molar-refractivity contribution in [2.75, 3.05) is 13.1 Å². The van der Waals surface area contributed by atoms with Gasteiger partial charge in [-0.05, 0) is 76.5 Å². The van der Waals surface area contributed by atoms with Crippen molar-refractivity contribution < 1.29 is 68.4 Å². The first-order valence-corrected chi connectivity index (χ1v) is 20.7. The van der Waals surface area contributed by atoms with E-state index in [9.17, 15) is 44.7 Å². The lowest BCUT2D eigenvalue weighted by molar-refractivity contribution is -0.301. The Bertz CT molecular complexity index is 1620. The summed E-state index contributed by atoms with van der Waals surface area (Å²) < 4.78 is 31.3. The number of carbonyl (C=O) groups is 4. The lowest BCUT2D eigenvalue weighted by Crippen LogP contribution is -2.78. The third-order valence-electron chi connectivity index (χ3n) is 16.0. The molecule has 56 heavy (non-hydrogen) atoms. The van der Waals surface area contributed by atoms with Gasteiger partial charge in [-0.15, -0.1) is 0 Å². The predicted molar refractivity (Wildman–Crippen MR) is 195 cm³/mol. The van der Waals surface area contributed by atoms with Crippen LogP contribution < -0.4 is 0 Å². The van der Waals surface area contributed by atoms with Crippen LogP contribution in [0.15, 0.2) is 0 Å². The van der Waals surface area contributed by atoms with E-state index < -0.39 is 124 Å². The highest BCUT2D eigenvalue weighted by molar-refractivity contribution is 5.79. The van der Waals surface area contributed by atoms with E-state index in [1.807, 2.05) is 13.8 Å². The second-order valence-corrected chi connectivity index (χ2v) is 19.2. The second kappa shape index (κ2) is 13.6. The molecule has 0 aromatic rings. The van der Waals surface area contributed by atoms with Crippen LogP contribution >= 0.6 is 0 Å². The molecule has 7 fully saturated rings. The average Bonchev–Trinajstić information content (AvgIpc) is 3.40. The Morgan fingerprint density at radius 1 is 0.929 bits per heavy atom. The van der Waals surface area contributed by atoms with Gasteiger partial charge in [0.2, 0.25) is 5.79 Å². The maximum absolute atomic E-state index is 13.9. The largest absolute Gasteiger partial charge is 0.458 e. The van der Waals surface area contributed by atoms with Crippen LogP contribution in [0.4, 0.5) is 0 Å². The zero-order chi connectivity index (χ0) is 41.3. The van der Waals surface area contributed by atoms with E-state index in [0.717, 1.165) is 6.42 Å². The number of hydrogen-bond acceptors (Lipinski definition) is 15. The highest BCUT2D eigenvalue weighted by Gasteiger charge is 2.90. The first-order chi connectivity index (χ1) is 26.0. The molecule has 19 atom stereocenters. The lowest BCUT2D eigenvalue weighted by Gasteiger charge is -2.64. The lowest BCUT2D eigenvalue weighted by atomic mass is 9.48. The molecule has 4 bridgehead atoms. The van der Waals surface area contributed by atoms with Crippen LogP contribution in [0.2, 0.25) is 0 Å². The Morgan fingerprint density at radius 2 is 1.55 bits per heavy atom. The number of aliphatic hydroxyl groups excluding tert-OH is 1. The fraction of sp³-hybridized carbons (Fsp3) is 0.902. The summed E-state index contributed by atoms with van der Waals surface area (Å²) in [5.41, 5.74) is -8.37. The van der Waals surface area contributed by atoms with Gasteiger partial charge < -0.3 is 49.2 Å². The summed E-state index contributed by atoms with van der Waals surface area (Å²) in [4.78, 5) is 55.6. The van der Waals surface area contributed by atoms with Crippen molar-refractivity contribution in [2.45, 2.75) is 172 Å². The first-order valence-electron chi connectivity index (χ1n) is 20.7. The molecule has 4 saturated carbocycles. The molecule has 3 aliphatic heterocycles. The van der Waals surface area contributed by atoms with Crippen molar-refractivity contribution in [2.24, 2.45) is 46.8 Å². The zero-order valence-corrected chi connectivity index (χ0v) is 34.2. The quantitative estimate of drug-likeness (QED) is 0.174. The smallest absolute Gasteiger partial charge is 0.338 e. The molecule has 5 N–H and O–H groups in total. The number of hydrogen-bond donors (Lipinski definition) is 5. The van der Waals surface area contributed by atoms with E-state index in [4.69, 9.17) is 23.7 Å². The number of ether oxygens (including phenoxy) is 5. The number of esters is 4. The SMILES string of the molecule is CCC(C)C(=O)O[C@H]1[C@H](O)C2C(CN3CC(C)CCC3[C@@]2(C)O)C2C[C@]34O[C@]5(O)C(OC(=O)C(C)(O)CC)CC[C@@]3(C)C5[C@H](OC(C)=O)[C@@H](OC(C)=O)C4[C@@]21O. The topological polar surface area (TPSA) is 219 Å². The number of aliphatic hydroxyl groups is 5. The van der Waals surface area contributed by atoms with Gasteiger partial charge in [-0.1, -0.05) is 34.6 Å². The molecule has 3 heterocycles. The number of rotatable bonds is 8.